The summed E-state index contributed by atoms with van der Waals surface area (Å²) in [6.07, 6.45) is 1.83. The van der Waals surface area contributed by atoms with E-state index in [1.807, 2.05) is 24.5 Å². The van der Waals surface area contributed by atoms with Gasteiger partial charge >= 0.3 is 5.97 Å². The minimum absolute atomic E-state index is 0.0809. The van der Waals surface area contributed by atoms with Crippen molar-refractivity contribution in [1.29, 1.82) is 0 Å². The second-order valence-corrected chi connectivity index (χ2v) is 5.00. The number of carbonyl (C=O) groups is 1. The number of rotatable bonds is 3. The van der Waals surface area contributed by atoms with Crippen LogP contribution in [0.3, 0.4) is 0 Å². The molecule has 0 unspecified atom stereocenters. The number of fused-ring (bicyclic) bond motifs is 1. The number of carboxylic acids is 1. The van der Waals surface area contributed by atoms with Gasteiger partial charge in [-0.15, -0.1) is 11.8 Å². The zero-order chi connectivity index (χ0) is 11.7. The maximum atomic E-state index is 10.7. The first-order chi connectivity index (χ1) is 7.61. The molecule has 0 radical (unpaired) electrons. The number of hydrogen-bond acceptors (Lipinski definition) is 3. The van der Waals surface area contributed by atoms with Gasteiger partial charge in [-0.3, -0.25) is 4.79 Å². The van der Waals surface area contributed by atoms with Crippen LogP contribution >= 0.6 is 27.7 Å². The molecule has 1 aromatic heterocycles. The van der Waals surface area contributed by atoms with E-state index in [1.165, 1.54) is 11.8 Å². The quantitative estimate of drug-likeness (QED) is 0.881. The highest BCUT2D eigenvalue weighted by molar-refractivity contribution is 9.10. The van der Waals surface area contributed by atoms with Gasteiger partial charge in [0.1, 0.15) is 17.8 Å². The molecule has 0 saturated heterocycles. The van der Waals surface area contributed by atoms with Crippen molar-refractivity contribution in [3.8, 4) is 0 Å². The molecule has 2 aromatic rings. The third-order valence-corrected chi connectivity index (χ3v) is 3.54. The smallest absolute Gasteiger partial charge is 0.311 e. The summed E-state index contributed by atoms with van der Waals surface area (Å²) in [5.41, 5.74) is 0.726. The van der Waals surface area contributed by atoms with Crippen LogP contribution < -0.4 is 0 Å². The summed E-state index contributed by atoms with van der Waals surface area (Å²) < 4.78 is 6.49. The van der Waals surface area contributed by atoms with Gasteiger partial charge in [0, 0.05) is 9.86 Å². The summed E-state index contributed by atoms with van der Waals surface area (Å²) in [5.74, 6) is -0.360. The zero-order valence-electron chi connectivity index (χ0n) is 8.49. The van der Waals surface area contributed by atoms with Gasteiger partial charge in [-0.1, -0.05) is 15.9 Å². The lowest BCUT2D eigenvalue weighted by molar-refractivity contribution is -0.136. The molecular weight excluding hydrogens is 292 g/mol. The highest BCUT2D eigenvalue weighted by Gasteiger charge is 2.16. The Kier molecular flexibility index (Phi) is 3.25. The zero-order valence-corrected chi connectivity index (χ0v) is 10.9. The number of carboxylic acid groups (broad SMARTS) is 1. The average Bonchev–Trinajstić information content (AvgIpc) is 2.53. The van der Waals surface area contributed by atoms with E-state index in [4.69, 9.17) is 9.52 Å². The lowest BCUT2D eigenvalue weighted by atomic mass is 10.2. The van der Waals surface area contributed by atoms with Crippen LogP contribution in [0.5, 0.6) is 0 Å². The highest BCUT2D eigenvalue weighted by Crippen LogP contribution is 2.34. The van der Waals surface area contributed by atoms with Crippen molar-refractivity contribution in [3.63, 3.8) is 0 Å². The minimum Gasteiger partial charge on any atom is -0.481 e. The Bertz CT molecular complexity index is 547. The van der Waals surface area contributed by atoms with E-state index in [-0.39, 0.29) is 6.42 Å². The minimum atomic E-state index is -0.881. The van der Waals surface area contributed by atoms with E-state index in [0.717, 1.165) is 20.3 Å². The third-order valence-electron chi connectivity index (χ3n) is 2.19. The van der Waals surface area contributed by atoms with E-state index in [2.05, 4.69) is 15.9 Å². The molecule has 3 nitrogen and oxygen atoms in total. The van der Waals surface area contributed by atoms with Crippen molar-refractivity contribution in [3.05, 3.63) is 28.4 Å². The predicted molar refractivity (Wildman–Crippen MR) is 67.0 cm³/mol. The molecule has 2 rings (SSSR count). The van der Waals surface area contributed by atoms with Crippen molar-refractivity contribution in [2.75, 3.05) is 6.26 Å². The van der Waals surface area contributed by atoms with Gasteiger partial charge in [-0.05, 0) is 24.5 Å². The van der Waals surface area contributed by atoms with Crippen molar-refractivity contribution in [2.24, 2.45) is 0 Å². The van der Waals surface area contributed by atoms with E-state index in [1.54, 1.807) is 0 Å². The van der Waals surface area contributed by atoms with Gasteiger partial charge in [-0.25, -0.2) is 0 Å². The Hall–Kier alpha value is -0.940. The Balaban J connectivity index is 2.62. The fourth-order valence-corrected chi connectivity index (χ4v) is 2.66. The third kappa shape index (κ3) is 2.10. The molecule has 0 aliphatic rings. The summed E-state index contributed by atoms with van der Waals surface area (Å²) >= 11 is 4.89. The molecule has 1 N–H and O–H groups in total. The average molecular weight is 301 g/mol. The molecule has 1 heterocycles. The second-order valence-electron chi connectivity index (χ2n) is 3.27. The topological polar surface area (TPSA) is 50.4 Å². The van der Waals surface area contributed by atoms with Crippen molar-refractivity contribution in [1.82, 2.24) is 0 Å². The molecule has 0 amide bonds. The molecule has 1 aromatic carbocycles. The van der Waals surface area contributed by atoms with Crippen LogP contribution in [0.4, 0.5) is 0 Å². The fraction of sp³-hybridized carbons (Fsp3) is 0.182. The SMILES string of the molecule is CSc1c(CC(=O)O)oc2ccc(Br)cc12. The van der Waals surface area contributed by atoms with Crippen LogP contribution in [0, 0.1) is 0 Å². The predicted octanol–water partition coefficient (Wildman–Crippen LogP) is 3.54. The second kappa shape index (κ2) is 4.51. The van der Waals surface area contributed by atoms with Crippen LogP contribution in [0.25, 0.3) is 11.0 Å². The number of benzene rings is 1. The largest absolute Gasteiger partial charge is 0.481 e. The van der Waals surface area contributed by atoms with Gasteiger partial charge in [-0.2, -0.15) is 0 Å². The van der Waals surface area contributed by atoms with Crippen LogP contribution in [0.15, 0.2) is 32.0 Å². The van der Waals surface area contributed by atoms with Gasteiger partial charge in [0.15, 0.2) is 0 Å². The molecule has 5 heteroatoms. The van der Waals surface area contributed by atoms with E-state index in [0.29, 0.717) is 5.76 Å². The van der Waals surface area contributed by atoms with Gasteiger partial charge in [0.2, 0.25) is 0 Å². The van der Waals surface area contributed by atoms with Gasteiger partial charge in [0.05, 0.1) is 4.90 Å². The first-order valence-corrected chi connectivity index (χ1v) is 6.60. The molecule has 0 aliphatic heterocycles. The molecule has 0 fully saturated rings. The Labute approximate surface area is 105 Å². The van der Waals surface area contributed by atoms with Gasteiger partial charge in [0.25, 0.3) is 0 Å². The van der Waals surface area contributed by atoms with Crippen LogP contribution in [-0.2, 0) is 11.2 Å². The number of furan rings is 1. The molecule has 0 saturated carbocycles. The molecular formula is C11H9BrO3S. The summed E-state index contributed by atoms with van der Waals surface area (Å²) in [7, 11) is 0. The van der Waals surface area contributed by atoms with E-state index >= 15 is 0 Å². The lowest BCUT2D eigenvalue weighted by Crippen LogP contribution is -1.99. The number of hydrogen-bond donors (Lipinski definition) is 1. The first kappa shape index (κ1) is 11.5. The van der Waals surface area contributed by atoms with Gasteiger partial charge < -0.3 is 9.52 Å². The molecule has 0 atom stereocenters. The van der Waals surface area contributed by atoms with Crippen LogP contribution in [0.1, 0.15) is 5.76 Å². The van der Waals surface area contributed by atoms with Crippen LogP contribution in [-0.4, -0.2) is 17.3 Å². The molecule has 0 spiro atoms. The highest BCUT2D eigenvalue weighted by atomic mass is 79.9. The summed E-state index contributed by atoms with van der Waals surface area (Å²) in [4.78, 5) is 11.6. The standard InChI is InChI=1S/C11H9BrO3S/c1-16-11-7-4-6(12)2-3-8(7)15-9(11)5-10(13)14/h2-4H,5H2,1H3,(H,13,14). The molecule has 0 aliphatic carbocycles. The number of thioether (sulfide) groups is 1. The van der Waals surface area contributed by atoms with Crippen molar-refractivity contribution < 1.29 is 14.3 Å². The summed E-state index contributed by atoms with van der Waals surface area (Å²) in [5, 5.41) is 9.74. The summed E-state index contributed by atoms with van der Waals surface area (Å²) in [6.45, 7) is 0. The molecule has 84 valence electrons. The van der Waals surface area contributed by atoms with E-state index in [9.17, 15) is 4.79 Å². The maximum Gasteiger partial charge on any atom is 0.311 e. The molecule has 16 heavy (non-hydrogen) atoms. The number of aliphatic carboxylic acids is 1. The first-order valence-electron chi connectivity index (χ1n) is 4.58. The lowest BCUT2D eigenvalue weighted by Gasteiger charge is -1.95. The molecule has 0 bridgehead atoms. The Morgan fingerprint density at radius 2 is 2.31 bits per heavy atom. The fourth-order valence-electron chi connectivity index (χ4n) is 1.58. The monoisotopic (exact) mass is 300 g/mol. The number of halogens is 1. The van der Waals surface area contributed by atoms with E-state index < -0.39 is 5.97 Å². The maximum absolute atomic E-state index is 10.7. The Morgan fingerprint density at radius 1 is 1.56 bits per heavy atom. The van der Waals surface area contributed by atoms with Crippen molar-refractivity contribution >= 4 is 44.6 Å². The summed E-state index contributed by atoms with van der Waals surface area (Å²) in [6, 6.07) is 5.65. The van der Waals surface area contributed by atoms with Crippen molar-refractivity contribution in [2.45, 2.75) is 11.3 Å². The Morgan fingerprint density at radius 3 is 2.94 bits per heavy atom. The van der Waals surface area contributed by atoms with Crippen LogP contribution in [0.2, 0.25) is 0 Å². The normalized spacial score (nSPS) is 10.9.